The molecule has 14 nitrogen and oxygen atoms in total. The lowest BCUT2D eigenvalue weighted by Gasteiger charge is -2.59. The Bertz CT molecular complexity index is 1790. The smallest absolute Gasteiger partial charge is 0.331 e. The van der Waals surface area contributed by atoms with E-state index in [1.54, 1.807) is 6.08 Å². The number of hydrogen-bond donors (Lipinski definition) is 2. The molecular weight excluding hydrogens is 801 g/mol. The highest BCUT2D eigenvalue weighted by Gasteiger charge is 2.62. The minimum absolute atomic E-state index is 0.00552. The SMILES string of the molecule is CC1=CC(=O)OC2CC3OC4CC(C)C5OC6CC7OC8(C)CC=CC9OC%10CC%11OC(C(C)CO)CC(O)C%11(C)OC%10CC9OC8CC7(C)OC6CCC5OC4CC3(C)OC12. The molecule has 62 heavy (non-hydrogen) atoms. The van der Waals surface area contributed by atoms with Crippen molar-refractivity contribution in [1.29, 1.82) is 0 Å². The molecule has 0 aromatic rings. The second-order valence-corrected chi connectivity index (χ2v) is 22.1. The second-order valence-electron chi connectivity index (χ2n) is 22.1. The van der Waals surface area contributed by atoms with E-state index in [1.807, 2.05) is 20.8 Å². The summed E-state index contributed by atoms with van der Waals surface area (Å²) in [5.74, 6) is -0.200. The third-order valence-electron chi connectivity index (χ3n) is 17.5. The van der Waals surface area contributed by atoms with Gasteiger partial charge in [-0.15, -0.1) is 0 Å². The highest BCUT2D eigenvalue weighted by atomic mass is 16.6. The molecule has 11 heterocycles. The van der Waals surface area contributed by atoms with Gasteiger partial charge >= 0.3 is 5.97 Å². The number of carbonyl (C=O) groups is 1. The Hall–Kier alpha value is -1.53. The maximum absolute atomic E-state index is 12.2. The lowest BCUT2D eigenvalue weighted by atomic mass is 9.74. The van der Waals surface area contributed by atoms with Gasteiger partial charge in [-0.2, -0.15) is 0 Å². The minimum Gasteiger partial charge on any atom is -0.456 e. The van der Waals surface area contributed by atoms with Crippen molar-refractivity contribution in [2.24, 2.45) is 11.8 Å². The van der Waals surface area contributed by atoms with E-state index in [2.05, 4.69) is 39.8 Å². The van der Waals surface area contributed by atoms with Gasteiger partial charge in [0.25, 0.3) is 0 Å². The fraction of sp³-hybridized carbons (Fsp3) is 0.896. The van der Waals surface area contributed by atoms with Crippen molar-refractivity contribution >= 4 is 5.97 Å². The zero-order chi connectivity index (χ0) is 43.1. The largest absolute Gasteiger partial charge is 0.456 e. The summed E-state index contributed by atoms with van der Waals surface area (Å²) in [5, 5.41) is 21.2. The summed E-state index contributed by atoms with van der Waals surface area (Å²) >= 11 is 0. The molecule has 11 rings (SSSR count). The molecule has 346 valence electrons. The molecule has 0 amide bonds. The van der Waals surface area contributed by atoms with E-state index in [0.717, 1.165) is 31.3 Å². The van der Waals surface area contributed by atoms with Gasteiger partial charge in [0.05, 0.1) is 108 Å². The highest BCUT2D eigenvalue weighted by molar-refractivity contribution is 5.84. The first-order chi connectivity index (χ1) is 29.5. The van der Waals surface area contributed by atoms with E-state index in [9.17, 15) is 15.0 Å². The van der Waals surface area contributed by atoms with Crippen molar-refractivity contribution < 1.29 is 67.1 Å². The van der Waals surface area contributed by atoms with Gasteiger partial charge in [-0.05, 0) is 71.8 Å². The van der Waals surface area contributed by atoms with Crippen LogP contribution in [0.4, 0.5) is 0 Å². The van der Waals surface area contributed by atoms with Gasteiger partial charge in [0, 0.05) is 63.5 Å². The van der Waals surface area contributed by atoms with Crippen LogP contribution in [0.25, 0.3) is 0 Å². The molecular formula is C48H70O14. The topological polar surface area (TPSA) is 159 Å². The van der Waals surface area contributed by atoms with Crippen LogP contribution < -0.4 is 0 Å². The molecule has 0 aromatic heterocycles. The molecule has 0 spiro atoms. The second kappa shape index (κ2) is 15.5. The van der Waals surface area contributed by atoms with E-state index >= 15 is 0 Å². The Morgan fingerprint density at radius 2 is 1.40 bits per heavy atom. The van der Waals surface area contributed by atoms with Gasteiger partial charge in [0.2, 0.25) is 0 Å². The fourth-order valence-corrected chi connectivity index (χ4v) is 13.6. The predicted molar refractivity (Wildman–Crippen MR) is 220 cm³/mol. The molecule has 24 atom stereocenters. The number of ether oxygens (including phenoxy) is 11. The Morgan fingerprint density at radius 3 is 2.23 bits per heavy atom. The third kappa shape index (κ3) is 7.14. The molecule has 0 aromatic carbocycles. The summed E-state index contributed by atoms with van der Waals surface area (Å²) in [4.78, 5) is 12.2. The van der Waals surface area contributed by atoms with E-state index < -0.39 is 28.5 Å². The molecule has 14 heteroatoms. The summed E-state index contributed by atoms with van der Waals surface area (Å²) in [5.41, 5.74) is -1.71. The molecule has 9 saturated heterocycles. The first-order valence-corrected chi connectivity index (χ1v) is 24.0. The van der Waals surface area contributed by atoms with Crippen molar-refractivity contribution in [3.63, 3.8) is 0 Å². The van der Waals surface area contributed by atoms with Crippen LogP contribution in [0.3, 0.4) is 0 Å². The number of rotatable bonds is 2. The zero-order valence-electron chi connectivity index (χ0n) is 37.6. The molecule has 11 aliphatic heterocycles. The molecule has 9 fully saturated rings. The van der Waals surface area contributed by atoms with E-state index in [1.165, 1.54) is 0 Å². The lowest BCUT2D eigenvalue weighted by Crippen LogP contribution is -2.69. The van der Waals surface area contributed by atoms with Crippen LogP contribution in [0.15, 0.2) is 23.8 Å². The van der Waals surface area contributed by atoms with Crippen molar-refractivity contribution in [2.45, 2.75) is 251 Å². The maximum Gasteiger partial charge on any atom is 0.331 e. The average molecular weight is 871 g/mol. The van der Waals surface area contributed by atoms with Crippen LogP contribution in [-0.2, 0) is 56.9 Å². The van der Waals surface area contributed by atoms with Gasteiger partial charge in [-0.3, -0.25) is 0 Å². The first kappa shape index (κ1) is 43.1. The lowest BCUT2D eigenvalue weighted by molar-refractivity contribution is -0.346. The number of fused-ring (bicyclic) bond motifs is 10. The Balaban J connectivity index is 0.768. The zero-order valence-corrected chi connectivity index (χ0v) is 37.6. The summed E-state index contributed by atoms with van der Waals surface area (Å²) in [6, 6.07) is 0. The Labute approximate surface area is 365 Å². The van der Waals surface area contributed by atoms with Gasteiger partial charge in [0.15, 0.2) is 0 Å². The average Bonchev–Trinajstić information content (AvgIpc) is 3.45. The summed E-state index contributed by atoms with van der Waals surface area (Å²) < 4.78 is 75.2. The molecule has 0 radical (unpaired) electrons. The quantitative estimate of drug-likeness (QED) is 0.294. The van der Waals surface area contributed by atoms with Gasteiger partial charge in [0.1, 0.15) is 23.9 Å². The minimum atomic E-state index is -0.873. The number of carbonyl (C=O) groups excluding carboxylic acids is 1. The number of aliphatic hydroxyl groups is 2. The van der Waals surface area contributed by atoms with Crippen LogP contribution >= 0.6 is 0 Å². The van der Waals surface area contributed by atoms with Gasteiger partial charge in [-0.25, -0.2) is 4.79 Å². The normalized spacial score (nSPS) is 57.3. The first-order valence-electron chi connectivity index (χ1n) is 24.0. The fourth-order valence-electron chi connectivity index (χ4n) is 13.6. The van der Waals surface area contributed by atoms with Crippen molar-refractivity contribution in [1.82, 2.24) is 0 Å². The molecule has 0 saturated carbocycles. The molecule has 0 bridgehead atoms. The van der Waals surface area contributed by atoms with E-state index in [-0.39, 0.29) is 128 Å². The number of hydrogen-bond acceptors (Lipinski definition) is 14. The van der Waals surface area contributed by atoms with E-state index in [4.69, 9.17) is 52.1 Å². The van der Waals surface area contributed by atoms with Gasteiger partial charge in [-0.1, -0.05) is 26.0 Å². The maximum atomic E-state index is 12.2. The van der Waals surface area contributed by atoms with Crippen molar-refractivity contribution in [3.8, 4) is 0 Å². The highest BCUT2D eigenvalue weighted by Crippen LogP contribution is 2.53. The van der Waals surface area contributed by atoms with Crippen LogP contribution in [0, 0.1) is 11.8 Å². The van der Waals surface area contributed by atoms with Crippen LogP contribution in [0.2, 0.25) is 0 Å². The van der Waals surface area contributed by atoms with Crippen LogP contribution in [0.1, 0.15) is 119 Å². The molecule has 2 N–H and O–H groups in total. The summed E-state index contributed by atoms with van der Waals surface area (Å²) in [6.45, 7) is 14.6. The van der Waals surface area contributed by atoms with Crippen molar-refractivity contribution in [2.75, 3.05) is 6.61 Å². The van der Waals surface area contributed by atoms with Crippen molar-refractivity contribution in [3.05, 3.63) is 23.8 Å². The van der Waals surface area contributed by atoms with Crippen LogP contribution in [-0.4, -0.2) is 155 Å². The molecule has 0 aliphatic carbocycles. The Kier molecular flexibility index (Phi) is 10.8. The molecule has 24 unspecified atom stereocenters. The Morgan fingerprint density at radius 1 is 0.677 bits per heavy atom. The summed E-state index contributed by atoms with van der Waals surface area (Å²) in [6.07, 6.45) is 9.15. The number of aliphatic hydroxyl groups excluding tert-OH is 2. The molecule has 11 aliphatic rings. The number of esters is 1. The van der Waals surface area contributed by atoms with Gasteiger partial charge < -0.3 is 62.3 Å². The van der Waals surface area contributed by atoms with E-state index in [0.29, 0.717) is 44.9 Å². The monoisotopic (exact) mass is 870 g/mol. The summed E-state index contributed by atoms with van der Waals surface area (Å²) in [7, 11) is 0. The van der Waals surface area contributed by atoms with Crippen LogP contribution in [0.5, 0.6) is 0 Å². The predicted octanol–water partition coefficient (Wildman–Crippen LogP) is 4.57. The third-order valence-corrected chi connectivity index (χ3v) is 17.5. The standard InChI is InChI=1S/C48H70O14/c1-23-13-30-36(20-46(5)38(55-30)19-35-44(62-46)24(2)14-42(51)57-35)53-28-11-10-27-32(58-43(23)28)17-39-47(6,59-27)21-41-45(4,61-39)12-8-9-26-31(56-41)15-34-33(52-26)18-40-48(7,60-34)37(50)16-29(54-40)25(3)22-49/h8-9,14,23,25-41,43-44,49-50H,10-13,15-22H2,1-7H3.